The predicted molar refractivity (Wildman–Crippen MR) is 116 cm³/mol. The summed E-state index contributed by atoms with van der Waals surface area (Å²) in [7, 11) is 0. The molecule has 9 heteroatoms. The second-order valence-corrected chi connectivity index (χ2v) is 8.89. The Morgan fingerprint density at radius 1 is 1.19 bits per heavy atom. The SMILES string of the molecule is CCc1ccc(N2C[C@H](C(C)(C)C)N(CC(=O)Nc3cccc(C(F)(F)F)c3)C2=O)cn1. The predicted octanol–water partition coefficient (Wildman–Crippen LogP) is 4.96. The molecule has 1 saturated heterocycles. The van der Waals surface area contributed by atoms with Gasteiger partial charge in [0.05, 0.1) is 23.5 Å². The fourth-order valence-corrected chi connectivity index (χ4v) is 3.69. The number of urea groups is 1. The third-order valence-corrected chi connectivity index (χ3v) is 5.48. The van der Waals surface area contributed by atoms with Crippen LogP contribution in [0.1, 0.15) is 39.0 Å². The molecular formula is C23H27F3N4O2. The van der Waals surface area contributed by atoms with Gasteiger partial charge in [-0.05, 0) is 42.2 Å². The van der Waals surface area contributed by atoms with Crippen molar-refractivity contribution in [3.05, 3.63) is 53.9 Å². The van der Waals surface area contributed by atoms with Crippen LogP contribution in [0.2, 0.25) is 0 Å². The second kappa shape index (κ2) is 8.80. The Balaban J connectivity index is 1.78. The number of pyridine rings is 1. The highest BCUT2D eigenvalue weighted by molar-refractivity contribution is 5.99. The lowest BCUT2D eigenvalue weighted by atomic mass is 9.86. The van der Waals surface area contributed by atoms with Gasteiger partial charge in [-0.2, -0.15) is 13.2 Å². The molecular weight excluding hydrogens is 421 g/mol. The van der Waals surface area contributed by atoms with Gasteiger partial charge in [0.15, 0.2) is 0 Å². The summed E-state index contributed by atoms with van der Waals surface area (Å²) in [5.41, 5.74) is 0.402. The van der Waals surface area contributed by atoms with E-state index in [-0.39, 0.29) is 29.7 Å². The molecule has 3 amide bonds. The Morgan fingerprint density at radius 3 is 2.47 bits per heavy atom. The van der Waals surface area contributed by atoms with Crippen molar-refractivity contribution in [1.29, 1.82) is 0 Å². The van der Waals surface area contributed by atoms with Gasteiger partial charge in [0.2, 0.25) is 5.91 Å². The number of nitrogens with zero attached hydrogens (tertiary/aromatic N) is 3. The zero-order valence-electron chi connectivity index (χ0n) is 18.5. The van der Waals surface area contributed by atoms with Crippen LogP contribution >= 0.6 is 0 Å². The molecule has 0 saturated carbocycles. The molecule has 1 aliphatic rings. The van der Waals surface area contributed by atoms with Crippen LogP contribution < -0.4 is 10.2 Å². The number of aryl methyl sites for hydroxylation is 1. The van der Waals surface area contributed by atoms with Crippen LogP contribution in [0.5, 0.6) is 0 Å². The highest BCUT2D eigenvalue weighted by atomic mass is 19.4. The lowest BCUT2D eigenvalue weighted by Gasteiger charge is -2.33. The van der Waals surface area contributed by atoms with Crippen molar-refractivity contribution in [3.63, 3.8) is 0 Å². The number of anilines is 2. The Bertz CT molecular complexity index is 984. The molecule has 6 nitrogen and oxygen atoms in total. The summed E-state index contributed by atoms with van der Waals surface area (Å²) in [6.07, 6.45) is -2.09. The van der Waals surface area contributed by atoms with Crippen molar-refractivity contribution in [2.45, 2.75) is 46.3 Å². The van der Waals surface area contributed by atoms with Crippen LogP contribution in [0.3, 0.4) is 0 Å². The number of amides is 3. The van der Waals surface area contributed by atoms with Crippen molar-refractivity contribution in [3.8, 4) is 0 Å². The molecule has 0 bridgehead atoms. The molecule has 2 aromatic rings. The number of halogens is 3. The van der Waals surface area contributed by atoms with E-state index in [0.29, 0.717) is 12.2 Å². The first kappa shape index (κ1) is 23.6. The van der Waals surface area contributed by atoms with Gasteiger partial charge in [-0.1, -0.05) is 33.8 Å². The first-order valence-corrected chi connectivity index (χ1v) is 10.4. The lowest BCUT2D eigenvalue weighted by Crippen LogP contribution is -2.46. The molecule has 1 atom stereocenters. The Kier molecular flexibility index (Phi) is 6.48. The average Bonchev–Trinajstić information content (AvgIpc) is 3.04. The van der Waals surface area contributed by atoms with E-state index < -0.39 is 17.6 Å². The smallest absolute Gasteiger partial charge is 0.325 e. The number of carbonyl (C=O) groups is 2. The quantitative estimate of drug-likeness (QED) is 0.703. The average molecular weight is 448 g/mol. The maximum absolute atomic E-state index is 13.2. The molecule has 0 unspecified atom stereocenters. The van der Waals surface area contributed by atoms with Gasteiger partial charge in [0.1, 0.15) is 6.54 Å². The molecule has 3 rings (SSSR count). The third-order valence-electron chi connectivity index (χ3n) is 5.48. The number of rotatable bonds is 5. The molecule has 0 radical (unpaired) electrons. The number of alkyl halides is 3. The molecule has 2 heterocycles. The number of benzene rings is 1. The van der Waals surface area contributed by atoms with E-state index in [1.165, 1.54) is 17.0 Å². The van der Waals surface area contributed by atoms with E-state index >= 15 is 0 Å². The summed E-state index contributed by atoms with van der Waals surface area (Å²) in [6, 6.07) is 7.50. The summed E-state index contributed by atoms with van der Waals surface area (Å²) >= 11 is 0. The first-order chi connectivity index (χ1) is 14.9. The highest BCUT2D eigenvalue weighted by Crippen LogP contribution is 2.34. The molecule has 1 aromatic carbocycles. The van der Waals surface area contributed by atoms with Crippen molar-refractivity contribution >= 4 is 23.3 Å². The number of nitrogens with one attached hydrogen (secondary N) is 1. The standard InChI is InChI=1S/C23H27F3N4O2/c1-5-16-9-10-18(12-27-16)29-13-19(22(2,3)4)30(21(29)32)14-20(31)28-17-8-6-7-15(11-17)23(24,25)26/h6-12,19H,5,13-14H2,1-4H3,(H,28,31)/t19-/m1/s1. The summed E-state index contributed by atoms with van der Waals surface area (Å²) in [5.74, 6) is -0.562. The van der Waals surface area contributed by atoms with E-state index in [0.717, 1.165) is 24.2 Å². The van der Waals surface area contributed by atoms with Gasteiger partial charge >= 0.3 is 12.2 Å². The Hall–Kier alpha value is -3.10. The second-order valence-electron chi connectivity index (χ2n) is 8.89. The largest absolute Gasteiger partial charge is 0.416 e. The zero-order chi connectivity index (χ0) is 23.7. The molecule has 32 heavy (non-hydrogen) atoms. The minimum absolute atomic E-state index is 0.0278. The van der Waals surface area contributed by atoms with Crippen LogP contribution in [0.15, 0.2) is 42.6 Å². The fraction of sp³-hybridized carbons (Fsp3) is 0.435. The molecule has 1 aromatic heterocycles. The molecule has 1 aliphatic heterocycles. The minimum atomic E-state index is -4.51. The van der Waals surface area contributed by atoms with Crippen LogP contribution in [-0.4, -0.2) is 41.0 Å². The van der Waals surface area contributed by atoms with Gasteiger partial charge < -0.3 is 10.2 Å². The lowest BCUT2D eigenvalue weighted by molar-refractivity contribution is -0.137. The van der Waals surface area contributed by atoms with E-state index in [4.69, 9.17) is 0 Å². The Labute approximate surface area is 185 Å². The van der Waals surface area contributed by atoms with Crippen LogP contribution in [-0.2, 0) is 17.4 Å². The first-order valence-electron chi connectivity index (χ1n) is 10.4. The van der Waals surface area contributed by atoms with Gasteiger partial charge in [-0.25, -0.2) is 4.79 Å². The van der Waals surface area contributed by atoms with Gasteiger partial charge in [-0.15, -0.1) is 0 Å². The van der Waals surface area contributed by atoms with E-state index in [1.54, 1.807) is 11.1 Å². The van der Waals surface area contributed by atoms with E-state index in [9.17, 15) is 22.8 Å². The topological polar surface area (TPSA) is 65.5 Å². The van der Waals surface area contributed by atoms with Gasteiger partial charge in [0.25, 0.3) is 0 Å². The van der Waals surface area contributed by atoms with Crippen molar-refractivity contribution in [2.75, 3.05) is 23.3 Å². The summed E-state index contributed by atoms with van der Waals surface area (Å²) in [6.45, 7) is 8.03. The summed E-state index contributed by atoms with van der Waals surface area (Å²) in [5, 5.41) is 2.48. The van der Waals surface area contributed by atoms with Crippen molar-refractivity contribution < 1.29 is 22.8 Å². The number of hydrogen-bond acceptors (Lipinski definition) is 3. The molecule has 1 fully saturated rings. The van der Waals surface area contributed by atoms with Crippen molar-refractivity contribution in [1.82, 2.24) is 9.88 Å². The highest BCUT2D eigenvalue weighted by Gasteiger charge is 2.44. The van der Waals surface area contributed by atoms with Crippen LogP contribution in [0.25, 0.3) is 0 Å². The maximum atomic E-state index is 13.2. The van der Waals surface area contributed by atoms with Crippen LogP contribution in [0, 0.1) is 5.41 Å². The molecule has 0 spiro atoms. The Morgan fingerprint density at radius 2 is 1.91 bits per heavy atom. The van der Waals surface area contributed by atoms with Gasteiger partial charge in [0, 0.05) is 17.9 Å². The normalized spacial score (nSPS) is 17.1. The monoisotopic (exact) mass is 448 g/mol. The molecule has 0 aliphatic carbocycles. The molecule has 1 N–H and O–H groups in total. The van der Waals surface area contributed by atoms with Gasteiger partial charge in [-0.3, -0.25) is 14.7 Å². The van der Waals surface area contributed by atoms with Crippen LogP contribution in [0.4, 0.5) is 29.3 Å². The number of carbonyl (C=O) groups excluding carboxylic acids is 2. The number of hydrogen-bond donors (Lipinski definition) is 1. The zero-order valence-corrected chi connectivity index (χ0v) is 18.5. The maximum Gasteiger partial charge on any atom is 0.416 e. The fourth-order valence-electron chi connectivity index (χ4n) is 3.69. The number of aromatic nitrogens is 1. The van der Waals surface area contributed by atoms with E-state index in [2.05, 4.69) is 10.3 Å². The van der Waals surface area contributed by atoms with E-state index in [1.807, 2.05) is 39.8 Å². The van der Waals surface area contributed by atoms with Crippen molar-refractivity contribution in [2.24, 2.45) is 5.41 Å². The summed E-state index contributed by atoms with van der Waals surface area (Å²) < 4.78 is 38.8. The minimum Gasteiger partial charge on any atom is -0.325 e. The molecule has 172 valence electrons. The third kappa shape index (κ3) is 5.20. The summed E-state index contributed by atoms with van der Waals surface area (Å²) in [4.78, 5) is 33.2.